The number of ether oxygens (including phenoxy) is 1. The molecule has 1 atom stereocenters. The van der Waals surface area contributed by atoms with Crippen molar-refractivity contribution in [1.29, 1.82) is 5.26 Å². The summed E-state index contributed by atoms with van der Waals surface area (Å²) in [6, 6.07) is 5.94. The van der Waals surface area contributed by atoms with Gasteiger partial charge in [0.15, 0.2) is 5.92 Å². The fourth-order valence-electron chi connectivity index (χ4n) is 1.37. The fraction of sp³-hybridized carbons (Fsp3) is 0.273. The van der Waals surface area contributed by atoms with Gasteiger partial charge in [0.1, 0.15) is 0 Å². The summed E-state index contributed by atoms with van der Waals surface area (Å²) in [5, 5.41) is 8.75. The number of nitrogens with zero attached hydrogens (tertiary/aromatic N) is 1. The van der Waals surface area contributed by atoms with Gasteiger partial charge in [0.05, 0.1) is 18.7 Å². The third kappa shape index (κ3) is 2.75. The average molecular weight is 243 g/mol. The summed E-state index contributed by atoms with van der Waals surface area (Å²) in [4.78, 5) is 11.2. The zero-order valence-electron chi connectivity index (χ0n) is 8.78. The van der Waals surface area contributed by atoms with E-state index in [1.807, 2.05) is 0 Å². The highest BCUT2D eigenvalue weighted by Gasteiger charge is 2.37. The first kappa shape index (κ1) is 13.0. The van der Waals surface area contributed by atoms with Gasteiger partial charge < -0.3 is 4.74 Å². The van der Waals surface area contributed by atoms with Crippen LogP contribution in [0.5, 0.6) is 0 Å². The van der Waals surface area contributed by atoms with Gasteiger partial charge in [-0.1, -0.05) is 18.2 Å². The van der Waals surface area contributed by atoms with Gasteiger partial charge in [0.25, 0.3) is 0 Å². The molecule has 0 N–H and O–H groups in total. The number of nitriles is 1. The molecule has 1 unspecified atom stereocenters. The van der Waals surface area contributed by atoms with Gasteiger partial charge in [-0.15, -0.1) is 0 Å². The Morgan fingerprint density at radius 3 is 2.47 bits per heavy atom. The van der Waals surface area contributed by atoms with Crippen LogP contribution >= 0.6 is 0 Å². The number of halogens is 3. The molecule has 90 valence electrons. The van der Waals surface area contributed by atoms with Gasteiger partial charge in [0.2, 0.25) is 0 Å². The molecule has 0 saturated heterocycles. The van der Waals surface area contributed by atoms with Crippen molar-refractivity contribution in [3.05, 3.63) is 35.4 Å². The molecule has 0 radical (unpaired) electrons. The Labute approximate surface area is 95.4 Å². The minimum absolute atomic E-state index is 0.394. The van der Waals surface area contributed by atoms with Crippen LogP contribution in [-0.4, -0.2) is 13.1 Å². The molecular weight excluding hydrogens is 235 g/mol. The molecule has 0 saturated carbocycles. The minimum atomic E-state index is -4.61. The van der Waals surface area contributed by atoms with Crippen molar-refractivity contribution in [2.75, 3.05) is 7.11 Å². The molecular formula is C11H8F3NO2. The Balaban J connectivity index is 3.31. The van der Waals surface area contributed by atoms with Gasteiger partial charge >= 0.3 is 12.1 Å². The van der Waals surface area contributed by atoms with E-state index >= 15 is 0 Å². The van der Waals surface area contributed by atoms with Crippen molar-refractivity contribution < 1.29 is 22.7 Å². The van der Waals surface area contributed by atoms with Crippen molar-refractivity contribution in [1.82, 2.24) is 0 Å². The van der Waals surface area contributed by atoms with Crippen LogP contribution in [-0.2, 0) is 15.7 Å². The van der Waals surface area contributed by atoms with Gasteiger partial charge in [-0.3, -0.25) is 4.79 Å². The molecule has 0 heterocycles. The lowest BCUT2D eigenvalue weighted by Crippen LogP contribution is -2.18. The summed E-state index contributed by atoms with van der Waals surface area (Å²) in [6.45, 7) is 0. The maximum absolute atomic E-state index is 12.7. The van der Waals surface area contributed by atoms with E-state index in [1.165, 1.54) is 18.2 Å². The number of methoxy groups -OCH3 is 1. The number of benzene rings is 1. The van der Waals surface area contributed by atoms with Gasteiger partial charge in [-0.2, -0.15) is 18.4 Å². The van der Waals surface area contributed by atoms with E-state index in [9.17, 15) is 18.0 Å². The number of carbonyl (C=O) groups excluding carboxylic acids is 1. The molecule has 0 spiro atoms. The predicted octanol–water partition coefficient (Wildman–Crippen LogP) is 2.49. The molecule has 0 aromatic heterocycles. The van der Waals surface area contributed by atoms with E-state index in [0.29, 0.717) is 0 Å². The van der Waals surface area contributed by atoms with Crippen molar-refractivity contribution in [2.45, 2.75) is 12.1 Å². The molecule has 0 aliphatic heterocycles. The molecule has 0 bridgehead atoms. The quantitative estimate of drug-likeness (QED) is 0.750. The molecule has 0 aliphatic rings. The van der Waals surface area contributed by atoms with Crippen molar-refractivity contribution >= 4 is 5.97 Å². The summed E-state index contributed by atoms with van der Waals surface area (Å²) >= 11 is 0. The molecule has 1 rings (SSSR count). The molecule has 1 aromatic rings. The summed E-state index contributed by atoms with van der Waals surface area (Å²) in [5.41, 5.74) is -1.40. The molecule has 0 aliphatic carbocycles. The van der Waals surface area contributed by atoms with E-state index in [-0.39, 0.29) is 0 Å². The number of carbonyl (C=O) groups is 1. The monoisotopic (exact) mass is 243 g/mol. The standard InChI is InChI=1S/C11H8F3NO2/c1-17-10(16)8(6-15)7-4-2-3-5-9(7)11(12,13)14/h2-5,8H,1H3. The number of rotatable bonds is 2. The largest absolute Gasteiger partial charge is 0.468 e. The lowest BCUT2D eigenvalue weighted by atomic mass is 9.95. The fourth-order valence-corrected chi connectivity index (χ4v) is 1.37. The molecule has 1 aromatic carbocycles. The predicted molar refractivity (Wildman–Crippen MR) is 51.8 cm³/mol. The molecule has 17 heavy (non-hydrogen) atoms. The number of hydrogen-bond donors (Lipinski definition) is 0. The van der Waals surface area contributed by atoms with E-state index in [4.69, 9.17) is 5.26 Å². The summed E-state index contributed by atoms with van der Waals surface area (Å²) < 4.78 is 42.2. The zero-order valence-corrected chi connectivity index (χ0v) is 8.78. The number of esters is 1. The Morgan fingerprint density at radius 2 is 2.00 bits per heavy atom. The third-order valence-corrected chi connectivity index (χ3v) is 2.14. The van der Waals surface area contributed by atoms with Crippen molar-refractivity contribution in [3.63, 3.8) is 0 Å². The van der Waals surface area contributed by atoms with E-state index in [1.54, 1.807) is 0 Å². The maximum Gasteiger partial charge on any atom is 0.416 e. The Kier molecular flexibility index (Phi) is 3.73. The third-order valence-electron chi connectivity index (χ3n) is 2.14. The zero-order chi connectivity index (χ0) is 13.1. The van der Waals surface area contributed by atoms with Crippen molar-refractivity contribution in [3.8, 4) is 6.07 Å². The summed E-state index contributed by atoms with van der Waals surface area (Å²) in [5.74, 6) is -2.58. The van der Waals surface area contributed by atoms with E-state index < -0.39 is 29.2 Å². The highest BCUT2D eigenvalue weighted by molar-refractivity contribution is 5.81. The van der Waals surface area contributed by atoms with E-state index in [2.05, 4.69) is 4.74 Å². The molecule has 0 amide bonds. The highest BCUT2D eigenvalue weighted by atomic mass is 19.4. The van der Waals surface area contributed by atoms with Crippen LogP contribution in [0, 0.1) is 11.3 Å². The second-order valence-electron chi connectivity index (χ2n) is 3.17. The van der Waals surface area contributed by atoms with Crippen molar-refractivity contribution in [2.24, 2.45) is 0 Å². The van der Waals surface area contributed by atoms with E-state index in [0.717, 1.165) is 19.2 Å². The molecule has 3 nitrogen and oxygen atoms in total. The summed E-state index contributed by atoms with van der Waals surface area (Å²) in [6.07, 6.45) is -4.61. The lowest BCUT2D eigenvalue weighted by Gasteiger charge is -2.14. The van der Waals surface area contributed by atoms with Crippen LogP contribution in [0.25, 0.3) is 0 Å². The molecule has 0 fully saturated rings. The lowest BCUT2D eigenvalue weighted by molar-refractivity contribution is -0.142. The SMILES string of the molecule is COC(=O)C(C#N)c1ccccc1C(F)(F)F. The van der Waals surface area contributed by atoms with Crippen LogP contribution in [0.2, 0.25) is 0 Å². The van der Waals surface area contributed by atoms with Gasteiger partial charge in [-0.25, -0.2) is 0 Å². The first-order valence-corrected chi connectivity index (χ1v) is 4.55. The van der Waals surface area contributed by atoms with Gasteiger partial charge in [-0.05, 0) is 11.6 Å². The van der Waals surface area contributed by atoms with Crippen LogP contribution in [0.4, 0.5) is 13.2 Å². The number of hydrogen-bond acceptors (Lipinski definition) is 3. The smallest absolute Gasteiger partial charge is 0.416 e. The molecule has 6 heteroatoms. The Morgan fingerprint density at radius 1 is 1.41 bits per heavy atom. The Bertz CT molecular complexity index is 463. The highest BCUT2D eigenvalue weighted by Crippen LogP contribution is 2.35. The normalized spacial score (nSPS) is 12.6. The second-order valence-corrected chi connectivity index (χ2v) is 3.17. The second kappa shape index (κ2) is 4.87. The Hall–Kier alpha value is -2.03. The summed E-state index contributed by atoms with van der Waals surface area (Å²) in [7, 11) is 1.02. The van der Waals surface area contributed by atoms with Gasteiger partial charge in [0, 0.05) is 0 Å². The first-order valence-electron chi connectivity index (χ1n) is 4.55. The minimum Gasteiger partial charge on any atom is -0.468 e. The topological polar surface area (TPSA) is 50.1 Å². The maximum atomic E-state index is 12.7. The first-order chi connectivity index (χ1) is 7.91. The van der Waals surface area contributed by atoms with Crippen LogP contribution in [0.1, 0.15) is 17.0 Å². The average Bonchev–Trinajstić information content (AvgIpc) is 2.29. The van der Waals surface area contributed by atoms with Crippen LogP contribution in [0.3, 0.4) is 0 Å². The van der Waals surface area contributed by atoms with Crippen LogP contribution in [0.15, 0.2) is 24.3 Å². The van der Waals surface area contributed by atoms with Crippen LogP contribution < -0.4 is 0 Å². The number of alkyl halides is 3.